The summed E-state index contributed by atoms with van der Waals surface area (Å²) in [6.07, 6.45) is 8.60. The maximum Gasteiger partial charge on any atom is 0.0468 e. The molecule has 2 fully saturated rings. The van der Waals surface area contributed by atoms with E-state index in [0.717, 1.165) is 31.0 Å². The second kappa shape index (κ2) is 4.45. The van der Waals surface area contributed by atoms with Crippen LogP contribution in [0.1, 0.15) is 45.4 Å². The summed E-state index contributed by atoms with van der Waals surface area (Å²) in [5, 5.41) is 0. The van der Waals surface area contributed by atoms with Crippen molar-refractivity contribution in [1.29, 1.82) is 0 Å². The molecule has 0 atom stereocenters. The van der Waals surface area contributed by atoms with Crippen LogP contribution < -0.4 is 0 Å². The zero-order valence-electron chi connectivity index (χ0n) is 8.80. The molecule has 2 rings (SSSR count). The van der Waals surface area contributed by atoms with E-state index in [1.165, 1.54) is 38.5 Å². The third-order valence-corrected chi connectivity index (χ3v) is 3.99. The van der Waals surface area contributed by atoms with Crippen molar-refractivity contribution < 1.29 is 4.74 Å². The predicted molar refractivity (Wildman–Crippen MR) is 54.7 cm³/mol. The summed E-state index contributed by atoms with van der Waals surface area (Å²) in [6.45, 7) is 4.45. The van der Waals surface area contributed by atoms with Crippen molar-refractivity contribution in [3.05, 3.63) is 0 Å². The van der Waals surface area contributed by atoms with Crippen LogP contribution in [0, 0.1) is 17.8 Å². The lowest BCUT2D eigenvalue weighted by Gasteiger charge is -2.34. The molecule has 1 nitrogen and oxygen atoms in total. The van der Waals surface area contributed by atoms with Gasteiger partial charge in [-0.1, -0.05) is 19.8 Å². The summed E-state index contributed by atoms with van der Waals surface area (Å²) < 4.78 is 5.41. The number of rotatable bonds is 1. The van der Waals surface area contributed by atoms with E-state index in [1.807, 2.05) is 0 Å². The molecular weight excluding hydrogens is 160 g/mol. The average molecular weight is 182 g/mol. The lowest BCUT2D eigenvalue weighted by molar-refractivity contribution is 0.0361. The SMILES string of the molecule is CC1CCC(C2CCOCC2)CC1. The number of hydrogen-bond donors (Lipinski definition) is 0. The standard InChI is InChI=1S/C12H22O/c1-10-2-4-11(5-3-10)12-6-8-13-9-7-12/h10-12H,2-9H2,1H3. The van der Waals surface area contributed by atoms with Gasteiger partial charge in [0.1, 0.15) is 0 Å². The minimum absolute atomic E-state index is 0.996. The Balaban J connectivity index is 1.79. The van der Waals surface area contributed by atoms with Crippen molar-refractivity contribution in [3.63, 3.8) is 0 Å². The molecule has 2 aliphatic rings. The maximum atomic E-state index is 5.41. The van der Waals surface area contributed by atoms with Gasteiger partial charge in [0.25, 0.3) is 0 Å². The van der Waals surface area contributed by atoms with E-state index in [-0.39, 0.29) is 0 Å². The topological polar surface area (TPSA) is 9.23 Å². The van der Waals surface area contributed by atoms with Gasteiger partial charge in [-0.25, -0.2) is 0 Å². The molecule has 1 saturated carbocycles. The van der Waals surface area contributed by atoms with E-state index in [1.54, 1.807) is 0 Å². The minimum Gasteiger partial charge on any atom is -0.381 e. The van der Waals surface area contributed by atoms with E-state index in [2.05, 4.69) is 6.92 Å². The largest absolute Gasteiger partial charge is 0.381 e. The Labute approximate surface area is 81.9 Å². The van der Waals surface area contributed by atoms with Crippen LogP contribution in [0.25, 0.3) is 0 Å². The van der Waals surface area contributed by atoms with Crippen LogP contribution in [0.15, 0.2) is 0 Å². The second-order valence-corrected chi connectivity index (χ2v) is 4.97. The molecule has 1 aliphatic carbocycles. The van der Waals surface area contributed by atoms with Crippen LogP contribution in [0.2, 0.25) is 0 Å². The van der Waals surface area contributed by atoms with Gasteiger partial charge < -0.3 is 4.74 Å². The highest BCUT2D eigenvalue weighted by Gasteiger charge is 2.27. The Kier molecular flexibility index (Phi) is 3.26. The van der Waals surface area contributed by atoms with Gasteiger partial charge in [-0.2, -0.15) is 0 Å². The highest BCUT2D eigenvalue weighted by atomic mass is 16.5. The third-order valence-electron chi connectivity index (χ3n) is 3.99. The highest BCUT2D eigenvalue weighted by molar-refractivity contribution is 4.77. The first kappa shape index (κ1) is 9.51. The Hall–Kier alpha value is -0.0400. The number of ether oxygens (including phenoxy) is 1. The van der Waals surface area contributed by atoms with Crippen molar-refractivity contribution in [2.45, 2.75) is 45.4 Å². The molecule has 0 spiro atoms. The van der Waals surface area contributed by atoms with Crippen molar-refractivity contribution in [3.8, 4) is 0 Å². The van der Waals surface area contributed by atoms with E-state index in [4.69, 9.17) is 4.74 Å². The molecule has 76 valence electrons. The molecule has 0 aromatic carbocycles. The van der Waals surface area contributed by atoms with E-state index < -0.39 is 0 Å². The summed E-state index contributed by atoms with van der Waals surface area (Å²) in [7, 11) is 0. The van der Waals surface area contributed by atoms with Crippen LogP contribution >= 0.6 is 0 Å². The Morgan fingerprint density at radius 1 is 0.769 bits per heavy atom. The molecule has 0 bridgehead atoms. The fourth-order valence-electron chi connectivity index (χ4n) is 2.94. The smallest absolute Gasteiger partial charge is 0.0468 e. The van der Waals surface area contributed by atoms with Crippen molar-refractivity contribution in [2.75, 3.05) is 13.2 Å². The lowest BCUT2D eigenvalue weighted by Crippen LogP contribution is -2.26. The summed E-state index contributed by atoms with van der Waals surface area (Å²) >= 11 is 0. The van der Waals surface area contributed by atoms with Gasteiger partial charge in [-0.05, 0) is 43.4 Å². The molecule has 13 heavy (non-hydrogen) atoms. The van der Waals surface area contributed by atoms with Crippen LogP contribution in [0.3, 0.4) is 0 Å². The third kappa shape index (κ3) is 2.46. The van der Waals surface area contributed by atoms with Crippen LogP contribution in [0.5, 0.6) is 0 Å². The van der Waals surface area contributed by atoms with E-state index in [0.29, 0.717) is 0 Å². The van der Waals surface area contributed by atoms with Gasteiger partial charge in [0.15, 0.2) is 0 Å². The van der Waals surface area contributed by atoms with Crippen molar-refractivity contribution in [2.24, 2.45) is 17.8 Å². The fraction of sp³-hybridized carbons (Fsp3) is 1.00. The summed E-state index contributed by atoms with van der Waals surface area (Å²) in [5.41, 5.74) is 0. The summed E-state index contributed by atoms with van der Waals surface area (Å²) in [6, 6.07) is 0. The Morgan fingerprint density at radius 3 is 1.92 bits per heavy atom. The molecule has 1 saturated heterocycles. The predicted octanol–water partition coefficient (Wildman–Crippen LogP) is 3.24. The second-order valence-electron chi connectivity index (χ2n) is 4.97. The molecule has 1 heteroatoms. The van der Waals surface area contributed by atoms with Crippen LogP contribution in [-0.4, -0.2) is 13.2 Å². The van der Waals surface area contributed by atoms with Crippen molar-refractivity contribution >= 4 is 0 Å². The van der Waals surface area contributed by atoms with Crippen molar-refractivity contribution in [1.82, 2.24) is 0 Å². The molecule has 1 aliphatic heterocycles. The molecule has 0 aromatic heterocycles. The Morgan fingerprint density at radius 2 is 1.31 bits per heavy atom. The quantitative estimate of drug-likeness (QED) is 0.605. The Bertz CT molecular complexity index is 141. The zero-order valence-corrected chi connectivity index (χ0v) is 8.80. The average Bonchev–Trinajstić information content (AvgIpc) is 2.20. The molecule has 1 heterocycles. The molecule has 0 amide bonds. The van der Waals surface area contributed by atoms with Gasteiger partial charge >= 0.3 is 0 Å². The van der Waals surface area contributed by atoms with Gasteiger partial charge in [-0.15, -0.1) is 0 Å². The first-order valence-electron chi connectivity index (χ1n) is 5.94. The fourth-order valence-corrected chi connectivity index (χ4v) is 2.94. The summed E-state index contributed by atoms with van der Waals surface area (Å²) in [4.78, 5) is 0. The highest BCUT2D eigenvalue weighted by Crippen LogP contribution is 2.37. The van der Waals surface area contributed by atoms with E-state index in [9.17, 15) is 0 Å². The van der Waals surface area contributed by atoms with Crippen LogP contribution in [0.4, 0.5) is 0 Å². The van der Waals surface area contributed by atoms with Crippen LogP contribution in [-0.2, 0) is 4.74 Å². The van der Waals surface area contributed by atoms with Gasteiger partial charge in [0.05, 0.1) is 0 Å². The molecule has 0 radical (unpaired) electrons. The maximum absolute atomic E-state index is 5.41. The molecule has 0 N–H and O–H groups in total. The molecule has 0 unspecified atom stereocenters. The first-order chi connectivity index (χ1) is 6.36. The zero-order chi connectivity index (χ0) is 9.10. The normalized spacial score (nSPS) is 37.6. The number of hydrogen-bond acceptors (Lipinski definition) is 1. The summed E-state index contributed by atoms with van der Waals surface area (Å²) in [5.74, 6) is 3.04. The monoisotopic (exact) mass is 182 g/mol. The van der Waals surface area contributed by atoms with Gasteiger partial charge in [0.2, 0.25) is 0 Å². The minimum atomic E-state index is 0.996. The van der Waals surface area contributed by atoms with E-state index >= 15 is 0 Å². The molecular formula is C12H22O. The van der Waals surface area contributed by atoms with Gasteiger partial charge in [0, 0.05) is 13.2 Å². The van der Waals surface area contributed by atoms with Gasteiger partial charge in [-0.3, -0.25) is 0 Å². The lowest BCUT2D eigenvalue weighted by atomic mass is 9.74. The first-order valence-corrected chi connectivity index (χ1v) is 5.94. The molecule has 0 aromatic rings.